The summed E-state index contributed by atoms with van der Waals surface area (Å²) >= 11 is 0. The summed E-state index contributed by atoms with van der Waals surface area (Å²) in [4.78, 5) is 25.9. The fourth-order valence-electron chi connectivity index (χ4n) is 4.75. The lowest BCUT2D eigenvalue weighted by atomic mass is 10.0. The van der Waals surface area contributed by atoms with Crippen molar-refractivity contribution in [1.29, 1.82) is 0 Å². The van der Waals surface area contributed by atoms with E-state index in [4.69, 9.17) is 0 Å². The van der Waals surface area contributed by atoms with Gasteiger partial charge < -0.3 is 15.5 Å². The number of benzene rings is 1. The van der Waals surface area contributed by atoms with Crippen LogP contribution in [0.15, 0.2) is 48.8 Å². The second-order valence-corrected chi connectivity index (χ2v) is 10.9. The summed E-state index contributed by atoms with van der Waals surface area (Å²) in [5, 5.41) is 10.4. The maximum Gasteiger partial charge on any atom is 0.416 e. The molecule has 0 saturated carbocycles. The van der Waals surface area contributed by atoms with E-state index in [1.54, 1.807) is 23.7 Å². The Morgan fingerprint density at radius 3 is 2.51 bits per heavy atom. The molecular formula is C31H33F3N8O. The third-order valence-electron chi connectivity index (χ3n) is 7.14. The van der Waals surface area contributed by atoms with E-state index in [0.717, 1.165) is 19.2 Å². The van der Waals surface area contributed by atoms with Crippen LogP contribution in [0.4, 0.5) is 24.7 Å². The average Bonchev–Trinajstić information content (AvgIpc) is 3.35. The minimum absolute atomic E-state index is 0.0512. The topological polar surface area (TPSA) is 90.7 Å². The number of carbonyl (C=O) groups is 1. The number of hydrogen-bond donors (Lipinski definition) is 2. The number of rotatable bonds is 6. The Hall–Kier alpha value is -4.47. The Morgan fingerprint density at radius 2 is 1.79 bits per heavy atom. The molecule has 1 fully saturated rings. The van der Waals surface area contributed by atoms with E-state index in [0.29, 0.717) is 41.5 Å². The van der Waals surface area contributed by atoms with Crippen LogP contribution >= 0.6 is 0 Å². The van der Waals surface area contributed by atoms with E-state index in [2.05, 4.69) is 42.4 Å². The zero-order valence-corrected chi connectivity index (χ0v) is 24.5. The van der Waals surface area contributed by atoms with Crippen molar-refractivity contribution in [1.82, 2.24) is 29.4 Å². The molecule has 0 atom stereocenters. The van der Waals surface area contributed by atoms with Gasteiger partial charge in [-0.3, -0.25) is 14.7 Å². The number of nitrogens with zero attached hydrogens (tertiary/aromatic N) is 6. The van der Waals surface area contributed by atoms with E-state index in [-0.39, 0.29) is 29.4 Å². The molecule has 0 radical (unpaired) electrons. The van der Waals surface area contributed by atoms with Crippen LogP contribution in [-0.2, 0) is 12.7 Å². The van der Waals surface area contributed by atoms with Gasteiger partial charge in [0.05, 0.1) is 23.0 Å². The largest absolute Gasteiger partial charge is 0.416 e. The first-order valence-electron chi connectivity index (χ1n) is 14.0. The van der Waals surface area contributed by atoms with Crippen LogP contribution < -0.4 is 10.6 Å². The zero-order chi connectivity index (χ0) is 30.7. The van der Waals surface area contributed by atoms with Crippen molar-refractivity contribution in [2.24, 2.45) is 0 Å². The van der Waals surface area contributed by atoms with Gasteiger partial charge in [-0.15, -0.1) is 5.10 Å². The number of imidazole rings is 1. The number of amides is 1. The van der Waals surface area contributed by atoms with Gasteiger partial charge in [-0.2, -0.15) is 13.2 Å². The number of aromatic nitrogens is 4. The lowest BCUT2D eigenvalue weighted by molar-refractivity contribution is -0.138. The molecule has 0 aliphatic carbocycles. The first kappa shape index (κ1) is 30.0. The van der Waals surface area contributed by atoms with Crippen molar-refractivity contribution >= 4 is 23.1 Å². The van der Waals surface area contributed by atoms with Crippen molar-refractivity contribution in [2.45, 2.75) is 39.5 Å². The lowest BCUT2D eigenvalue weighted by Gasteiger charge is -2.33. The SMILES string of the molecule is Cc1ncc(C(=O)Nc2ccc(CN3CCN(C)CC3)c(C(F)(F)F)c2)cc1C#Cc1cnc2ccc(NC(C)C)nn12. The second kappa shape index (κ2) is 12.4. The van der Waals surface area contributed by atoms with Gasteiger partial charge in [0.15, 0.2) is 5.65 Å². The summed E-state index contributed by atoms with van der Waals surface area (Å²) in [6.45, 7) is 8.98. The van der Waals surface area contributed by atoms with Crippen LogP contribution in [0.1, 0.15) is 52.3 Å². The number of fused-ring (bicyclic) bond motifs is 1. The molecule has 12 heteroatoms. The molecule has 1 aliphatic rings. The molecular weight excluding hydrogens is 557 g/mol. The fraction of sp³-hybridized carbons (Fsp3) is 0.355. The Morgan fingerprint density at radius 1 is 1.02 bits per heavy atom. The third kappa shape index (κ3) is 7.31. The minimum atomic E-state index is -4.56. The predicted molar refractivity (Wildman–Crippen MR) is 159 cm³/mol. The Bertz CT molecular complexity index is 1690. The van der Waals surface area contributed by atoms with Gasteiger partial charge in [0.25, 0.3) is 5.91 Å². The van der Waals surface area contributed by atoms with Crippen LogP contribution in [0.5, 0.6) is 0 Å². The van der Waals surface area contributed by atoms with Crippen molar-refractivity contribution < 1.29 is 18.0 Å². The van der Waals surface area contributed by atoms with Crippen molar-refractivity contribution in [3.05, 3.63) is 82.4 Å². The number of alkyl halides is 3. The Labute approximate surface area is 248 Å². The average molecular weight is 591 g/mol. The first-order chi connectivity index (χ1) is 20.5. The highest BCUT2D eigenvalue weighted by molar-refractivity contribution is 6.04. The molecule has 2 N–H and O–H groups in total. The first-order valence-corrected chi connectivity index (χ1v) is 14.0. The number of anilines is 2. The van der Waals surface area contributed by atoms with Crippen LogP contribution in [-0.4, -0.2) is 74.6 Å². The van der Waals surface area contributed by atoms with Crippen molar-refractivity contribution in [2.75, 3.05) is 43.9 Å². The zero-order valence-electron chi connectivity index (χ0n) is 24.5. The van der Waals surface area contributed by atoms with Crippen LogP contribution in [0.2, 0.25) is 0 Å². The number of halogens is 3. The van der Waals surface area contributed by atoms with Gasteiger partial charge in [0, 0.05) is 56.2 Å². The van der Waals surface area contributed by atoms with E-state index in [1.807, 2.05) is 37.9 Å². The molecule has 1 amide bonds. The van der Waals surface area contributed by atoms with Gasteiger partial charge in [-0.05, 0) is 69.6 Å². The maximum atomic E-state index is 14.0. The lowest BCUT2D eigenvalue weighted by Crippen LogP contribution is -2.44. The number of aryl methyl sites for hydroxylation is 1. The van der Waals surface area contributed by atoms with E-state index in [1.165, 1.54) is 18.3 Å². The fourth-order valence-corrected chi connectivity index (χ4v) is 4.75. The molecule has 224 valence electrons. The molecule has 3 aromatic heterocycles. The number of nitrogens with one attached hydrogen (secondary N) is 2. The molecule has 1 aromatic carbocycles. The van der Waals surface area contributed by atoms with Gasteiger partial charge >= 0.3 is 6.18 Å². The van der Waals surface area contributed by atoms with E-state index >= 15 is 0 Å². The summed E-state index contributed by atoms with van der Waals surface area (Å²) < 4.78 is 43.6. The summed E-state index contributed by atoms with van der Waals surface area (Å²) in [6, 6.07) is 9.38. The third-order valence-corrected chi connectivity index (χ3v) is 7.14. The molecule has 0 bridgehead atoms. The van der Waals surface area contributed by atoms with Gasteiger partial charge in [0.2, 0.25) is 0 Å². The molecule has 0 unspecified atom stereocenters. The summed E-state index contributed by atoms with van der Waals surface area (Å²) in [5.74, 6) is 6.17. The van der Waals surface area contributed by atoms with Gasteiger partial charge in [-0.1, -0.05) is 12.0 Å². The molecule has 4 aromatic rings. The molecule has 1 saturated heterocycles. The maximum absolute atomic E-state index is 14.0. The second-order valence-electron chi connectivity index (χ2n) is 10.9. The normalized spacial score (nSPS) is 14.5. The van der Waals surface area contributed by atoms with Crippen LogP contribution in [0.3, 0.4) is 0 Å². The van der Waals surface area contributed by atoms with Gasteiger partial charge in [-0.25, -0.2) is 9.50 Å². The Balaban J connectivity index is 1.35. The highest BCUT2D eigenvalue weighted by Gasteiger charge is 2.34. The molecule has 9 nitrogen and oxygen atoms in total. The number of piperazine rings is 1. The van der Waals surface area contributed by atoms with E-state index in [9.17, 15) is 18.0 Å². The predicted octanol–water partition coefficient (Wildman–Crippen LogP) is 4.67. The quantitative estimate of drug-likeness (QED) is 0.316. The van der Waals surface area contributed by atoms with Crippen molar-refractivity contribution in [3.8, 4) is 11.8 Å². The molecule has 1 aliphatic heterocycles. The van der Waals surface area contributed by atoms with Crippen LogP contribution in [0, 0.1) is 18.8 Å². The molecule has 43 heavy (non-hydrogen) atoms. The molecule has 4 heterocycles. The van der Waals surface area contributed by atoms with E-state index < -0.39 is 17.6 Å². The number of carbonyl (C=O) groups excluding carboxylic acids is 1. The summed E-state index contributed by atoms with van der Waals surface area (Å²) in [5.41, 5.74) is 1.92. The number of hydrogen-bond acceptors (Lipinski definition) is 7. The van der Waals surface area contributed by atoms with Gasteiger partial charge in [0.1, 0.15) is 11.5 Å². The summed E-state index contributed by atoms with van der Waals surface area (Å²) in [7, 11) is 2.00. The summed E-state index contributed by atoms with van der Waals surface area (Å²) in [6.07, 6.45) is -1.57. The minimum Gasteiger partial charge on any atom is -0.366 e. The highest BCUT2D eigenvalue weighted by Crippen LogP contribution is 2.34. The molecule has 0 spiro atoms. The monoisotopic (exact) mass is 590 g/mol. The smallest absolute Gasteiger partial charge is 0.366 e. The van der Waals surface area contributed by atoms with Crippen LogP contribution in [0.25, 0.3) is 5.65 Å². The Kier molecular flexibility index (Phi) is 8.66. The van der Waals surface area contributed by atoms with Crippen molar-refractivity contribution in [3.63, 3.8) is 0 Å². The number of pyridine rings is 1. The standard InChI is InChI=1S/C31H33F3N8O/c1-20(2)37-28-9-10-29-36-18-26(42(29)39-28)8-6-22-15-24(17-35-21(22)3)30(43)38-25-7-5-23(27(16-25)31(32,33)34)19-41-13-11-40(4)12-14-41/h5,7,9-10,15-18,20H,11-14,19H2,1-4H3,(H,37,39)(H,38,43). The number of likely N-dealkylation sites (N-methyl/N-ethyl adjacent to an activating group) is 1. The highest BCUT2D eigenvalue weighted by atomic mass is 19.4. The molecule has 5 rings (SSSR count).